The van der Waals surface area contributed by atoms with E-state index in [-0.39, 0.29) is 11.8 Å². The van der Waals surface area contributed by atoms with Crippen LogP contribution in [0.2, 0.25) is 0 Å². The summed E-state index contributed by atoms with van der Waals surface area (Å²) < 4.78 is 32.3. The first kappa shape index (κ1) is 20.9. The Hall–Kier alpha value is -1.37. The quantitative estimate of drug-likeness (QED) is 0.702. The number of rotatable bonds is 7. The summed E-state index contributed by atoms with van der Waals surface area (Å²) in [6.45, 7) is 3.99. The molecule has 4 aliphatic rings. The van der Waals surface area contributed by atoms with Gasteiger partial charge in [0.25, 0.3) is 0 Å². The number of fused-ring (bicyclic) bond motifs is 1. The van der Waals surface area contributed by atoms with Crippen molar-refractivity contribution >= 4 is 10.0 Å². The second kappa shape index (κ2) is 9.19. The normalized spacial score (nSPS) is 26.7. The van der Waals surface area contributed by atoms with Gasteiger partial charge in [-0.3, -0.25) is 4.90 Å². The molecule has 160 valence electrons. The van der Waals surface area contributed by atoms with Gasteiger partial charge in [-0.2, -0.15) is 0 Å². The molecule has 2 heterocycles. The predicted molar refractivity (Wildman–Crippen MR) is 116 cm³/mol. The summed E-state index contributed by atoms with van der Waals surface area (Å²) in [5.74, 6) is 1.85. The van der Waals surface area contributed by atoms with Gasteiger partial charge in [-0.05, 0) is 83.0 Å². The second-order valence-electron chi connectivity index (χ2n) is 8.80. The largest absolute Gasteiger partial charge is 0.464 e. The predicted octanol–water partition coefficient (Wildman–Crippen LogP) is 4.80. The highest BCUT2D eigenvalue weighted by Gasteiger charge is 2.28. The SMILES string of the molecule is CCS(=O)(=O)NC1CCC(CCN2CCCCC2c2coc3cccc-3c2)CC1. The van der Waals surface area contributed by atoms with Crippen molar-refractivity contribution < 1.29 is 12.8 Å². The minimum Gasteiger partial charge on any atom is -0.464 e. The lowest BCUT2D eigenvalue weighted by atomic mass is 9.84. The molecule has 1 atom stereocenters. The third-order valence-electron chi connectivity index (χ3n) is 6.85. The summed E-state index contributed by atoms with van der Waals surface area (Å²) in [4.78, 5) is 2.65. The van der Waals surface area contributed by atoms with Crippen LogP contribution in [0.15, 0.2) is 34.9 Å². The Balaban J connectivity index is 1.31. The van der Waals surface area contributed by atoms with Gasteiger partial charge in [0, 0.05) is 23.2 Å². The van der Waals surface area contributed by atoms with E-state index in [1.54, 1.807) is 6.92 Å². The molecule has 0 bridgehead atoms. The van der Waals surface area contributed by atoms with E-state index < -0.39 is 10.0 Å². The van der Waals surface area contributed by atoms with E-state index in [1.807, 2.05) is 18.4 Å². The summed E-state index contributed by atoms with van der Waals surface area (Å²) in [5, 5.41) is 0. The maximum absolute atomic E-state index is 11.8. The highest BCUT2D eigenvalue weighted by molar-refractivity contribution is 7.89. The molecule has 0 aromatic rings. The number of hydrogen-bond acceptors (Lipinski definition) is 4. The molecule has 0 aromatic heterocycles. The molecule has 6 heteroatoms. The van der Waals surface area contributed by atoms with Crippen LogP contribution < -0.4 is 4.72 Å². The molecule has 0 aromatic carbocycles. The van der Waals surface area contributed by atoms with Gasteiger partial charge in [0.2, 0.25) is 10.0 Å². The highest BCUT2D eigenvalue weighted by Crippen LogP contribution is 2.36. The maximum Gasteiger partial charge on any atom is 0.211 e. The maximum atomic E-state index is 11.8. The third-order valence-corrected chi connectivity index (χ3v) is 8.30. The lowest BCUT2D eigenvalue weighted by Gasteiger charge is -2.37. The van der Waals surface area contributed by atoms with Crippen LogP contribution in [-0.4, -0.2) is 38.2 Å². The van der Waals surface area contributed by atoms with Crippen LogP contribution in [0, 0.1) is 5.92 Å². The number of nitrogens with zero attached hydrogens (tertiary/aromatic N) is 1. The fourth-order valence-corrected chi connectivity index (χ4v) is 5.96. The molecule has 1 saturated carbocycles. The van der Waals surface area contributed by atoms with E-state index in [0.717, 1.165) is 44.5 Å². The fraction of sp³-hybridized carbons (Fsp3) is 0.652. The summed E-state index contributed by atoms with van der Waals surface area (Å²) in [6.07, 6.45) is 11.1. The standard InChI is InChI=1S/C23H34N2O3S/c1-2-29(26,27)24-21-11-9-18(10-12-21)13-15-25-14-4-3-7-22(25)20-16-19-6-5-8-23(19)28-17-20/h5-6,8,16-18,21-22,24H,2-4,7,9-15H2,1H3. The first-order valence-electron chi connectivity index (χ1n) is 11.3. The minimum absolute atomic E-state index is 0.136. The van der Waals surface area contributed by atoms with Crippen LogP contribution in [0.5, 0.6) is 0 Å². The van der Waals surface area contributed by atoms with Crippen LogP contribution in [0.4, 0.5) is 0 Å². The molecule has 1 saturated heterocycles. The molecular weight excluding hydrogens is 384 g/mol. The van der Waals surface area contributed by atoms with Crippen molar-refractivity contribution in [3.05, 3.63) is 36.1 Å². The summed E-state index contributed by atoms with van der Waals surface area (Å²) in [6, 6.07) is 9.09. The van der Waals surface area contributed by atoms with Crippen LogP contribution in [0.3, 0.4) is 0 Å². The third kappa shape index (κ3) is 5.22. The van der Waals surface area contributed by atoms with Crippen molar-refractivity contribution in [2.45, 2.75) is 70.4 Å². The molecule has 2 aliphatic heterocycles. The van der Waals surface area contributed by atoms with Crippen molar-refractivity contribution in [2.75, 3.05) is 18.8 Å². The average Bonchev–Trinajstić information content (AvgIpc) is 3.21. The summed E-state index contributed by atoms with van der Waals surface area (Å²) >= 11 is 0. The first-order chi connectivity index (χ1) is 14.0. The van der Waals surface area contributed by atoms with Gasteiger partial charge >= 0.3 is 0 Å². The van der Waals surface area contributed by atoms with E-state index in [1.165, 1.54) is 36.8 Å². The molecule has 2 aliphatic carbocycles. The van der Waals surface area contributed by atoms with Gasteiger partial charge in [-0.25, -0.2) is 13.1 Å². The van der Waals surface area contributed by atoms with E-state index >= 15 is 0 Å². The molecule has 1 unspecified atom stereocenters. The second-order valence-corrected chi connectivity index (χ2v) is 10.8. The van der Waals surface area contributed by atoms with Crippen molar-refractivity contribution in [3.8, 4) is 11.3 Å². The molecule has 4 rings (SSSR count). The van der Waals surface area contributed by atoms with Crippen LogP contribution in [0.1, 0.15) is 69.9 Å². The van der Waals surface area contributed by atoms with Gasteiger partial charge in [-0.1, -0.05) is 18.6 Å². The van der Waals surface area contributed by atoms with Crippen LogP contribution >= 0.6 is 0 Å². The zero-order chi connectivity index (χ0) is 20.3. The van der Waals surface area contributed by atoms with Gasteiger partial charge in [0.15, 0.2) is 0 Å². The molecule has 2 fully saturated rings. The average molecular weight is 419 g/mol. The Kier molecular flexibility index (Phi) is 6.62. The van der Waals surface area contributed by atoms with Crippen LogP contribution in [0.25, 0.3) is 11.3 Å². The van der Waals surface area contributed by atoms with E-state index in [4.69, 9.17) is 4.42 Å². The first-order valence-corrected chi connectivity index (χ1v) is 12.9. The molecule has 29 heavy (non-hydrogen) atoms. The van der Waals surface area contributed by atoms with Gasteiger partial charge < -0.3 is 4.42 Å². The Bertz CT molecular complexity index is 855. The number of piperidine rings is 1. The van der Waals surface area contributed by atoms with Crippen molar-refractivity contribution in [1.29, 1.82) is 0 Å². The molecule has 0 spiro atoms. The van der Waals surface area contributed by atoms with Crippen LogP contribution in [-0.2, 0) is 10.0 Å². The highest BCUT2D eigenvalue weighted by atomic mass is 32.2. The number of sulfonamides is 1. The van der Waals surface area contributed by atoms with Gasteiger partial charge in [-0.15, -0.1) is 0 Å². The molecular formula is C23H34N2O3S. The van der Waals surface area contributed by atoms with Crippen molar-refractivity contribution in [2.24, 2.45) is 5.92 Å². The number of hydrogen-bond donors (Lipinski definition) is 1. The van der Waals surface area contributed by atoms with Gasteiger partial charge in [0.05, 0.1) is 12.0 Å². The molecule has 1 N–H and O–H groups in total. The molecule has 0 radical (unpaired) electrons. The Labute approximate surface area is 175 Å². The summed E-state index contributed by atoms with van der Waals surface area (Å²) in [5.41, 5.74) is 2.50. The van der Waals surface area contributed by atoms with Crippen molar-refractivity contribution in [1.82, 2.24) is 9.62 Å². The number of likely N-dealkylation sites (tertiary alicyclic amines) is 1. The molecule has 5 nitrogen and oxygen atoms in total. The van der Waals surface area contributed by atoms with E-state index in [9.17, 15) is 8.42 Å². The van der Waals surface area contributed by atoms with Crippen molar-refractivity contribution in [3.63, 3.8) is 0 Å². The topological polar surface area (TPSA) is 62.6 Å². The summed E-state index contributed by atoms with van der Waals surface area (Å²) in [7, 11) is -3.08. The Morgan fingerprint density at radius 2 is 1.97 bits per heavy atom. The monoisotopic (exact) mass is 418 g/mol. The smallest absolute Gasteiger partial charge is 0.211 e. The van der Waals surface area contributed by atoms with E-state index in [2.05, 4.69) is 21.8 Å². The van der Waals surface area contributed by atoms with E-state index in [0.29, 0.717) is 12.0 Å². The zero-order valence-corrected chi connectivity index (χ0v) is 18.3. The minimum atomic E-state index is -3.08. The van der Waals surface area contributed by atoms with Gasteiger partial charge in [0.1, 0.15) is 5.76 Å². The molecule has 0 amide bonds. The lowest BCUT2D eigenvalue weighted by Crippen LogP contribution is -2.39. The Morgan fingerprint density at radius 1 is 1.14 bits per heavy atom. The Morgan fingerprint density at radius 3 is 2.76 bits per heavy atom. The lowest BCUT2D eigenvalue weighted by molar-refractivity contribution is 0.131. The zero-order valence-electron chi connectivity index (χ0n) is 17.5. The fourth-order valence-electron chi connectivity index (χ4n) is 5.05. The number of nitrogens with one attached hydrogen (secondary N) is 1.